The summed E-state index contributed by atoms with van der Waals surface area (Å²) in [6, 6.07) is 8.04. The molecule has 1 aromatic rings. The van der Waals surface area contributed by atoms with Gasteiger partial charge < -0.3 is 5.11 Å². The summed E-state index contributed by atoms with van der Waals surface area (Å²) in [6.07, 6.45) is 12.8. The Kier molecular flexibility index (Phi) is 14.8. The van der Waals surface area contributed by atoms with Gasteiger partial charge in [-0.3, -0.25) is 4.18 Å². The molecule has 0 aliphatic carbocycles. The number of hydrogen-bond donors (Lipinski definition) is 1. The Hall–Kier alpha value is -0.910. The van der Waals surface area contributed by atoms with Gasteiger partial charge in [0.05, 0.1) is 12.9 Å². The SMILES string of the molecule is CCCCCCCCCCc1ccc(COS(C)(=O)=O)cc1.CCO. The second-order valence-electron chi connectivity index (χ2n) is 6.32. The number of hydrogen-bond acceptors (Lipinski definition) is 4. The van der Waals surface area contributed by atoms with Crippen LogP contribution in [0.15, 0.2) is 24.3 Å². The van der Waals surface area contributed by atoms with E-state index in [2.05, 4.69) is 19.1 Å². The number of unbranched alkanes of at least 4 members (excludes halogenated alkanes) is 7. The molecule has 1 rings (SSSR count). The molecule has 25 heavy (non-hydrogen) atoms. The third-order valence-corrected chi connectivity index (χ3v) is 4.33. The first kappa shape index (κ1) is 24.1. The normalized spacial score (nSPS) is 11.0. The summed E-state index contributed by atoms with van der Waals surface area (Å²) in [5.74, 6) is 0. The summed E-state index contributed by atoms with van der Waals surface area (Å²) in [6.45, 7) is 4.30. The number of benzene rings is 1. The zero-order chi connectivity index (χ0) is 19.0. The Labute approximate surface area is 154 Å². The van der Waals surface area contributed by atoms with Crippen molar-refractivity contribution in [2.75, 3.05) is 12.9 Å². The van der Waals surface area contributed by atoms with Crippen molar-refractivity contribution in [3.63, 3.8) is 0 Å². The van der Waals surface area contributed by atoms with Gasteiger partial charge in [-0.2, -0.15) is 8.42 Å². The van der Waals surface area contributed by atoms with E-state index in [0.717, 1.165) is 18.2 Å². The quantitative estimate of drug-likeness (QED) is 0.421. The molecule has 0 atom stereocenters. The van der Waals surface area contributed by atoms with E-state index in [-0.39, 0.29) is 13.2 Å². The maximum atomic E-state index is 10.9. The van der Waals surface area contributed by atoms with E-state index in [0.29, 0.717) is 0 Å². The van der Waals surface area contributed by atoms with Crippen molar-refractivity contribution in [3.8, 4) is 0 Å². The predicted molar refractivity (Wildman–Crippen MR) is 105 cm³/mol. The molecule has 0 fully saturated rings. The predicted octanol–water partition coefficient (Wildman–Crippen LogP) is 4.84. The largest absolute Gasteiger partial charge is 0.397 e. The molecule has 0 aromatic heterocycles. The maximum Gasteiger partial charge on any atom is 0.264 e. The summed E-state index contributed by atoms with van der Waals surface area (Å²) in [4.78, 5) is 0. The highest BCUT2D eigenvalue weighted by atomic mass is 32.2. The van der Waals surface area contributed by atoms with Gasteiger partial charge in [-0.05, 0) is 30.9 Å². The van der Waals surface area contributed by atoms with Gasteiger partial charge in [0.1, 0.15) is 0 Å². The van der Waals surface area contributed by atoms with Crippen molar-refractivity contribution in [1.82, 2.24) is 0 Å². The van der Waals surface area contributed by atoms with Crippen LogP contribution in [0.5, 0.6) is 0 Å². The average molecular weight is 373 g/mol. The van der Waals surface area contributed by atoms with E-state index in [1.54, 1.807) is 6.92 Å². The van der Waals surface area contributed by atoms with Gasteiger partial charge in [0.2, 0.25) is 0 Å². The van der Waals surface area contributed by atoms with Crippen molar-refractivity contribution in [1.29, 1.82) is 0 Å². The molecular weight excluding hydrogens is 336 g/mol. The third kappa shape index (κ3) is 16.3. The number of rotatable bonds is 12. The highest BCUT2D eigenvalue weighted by Gasteiger charge is 2.02. The number of aryl methyl sites for hydroxylation is 1. The van der Waals surface area contributed by atoms with Crippen molar-refractivity contribution in [2.45, 2.75) is 78.2 Å². The molecule has 0 aliphatic heterocycles. The minimum atomic E-state index is -3.36. The highest BCUT2D eigenvalue weighted by Crippen LogP contribution is 2.13. The van der Waals surface area contributed by atoms with Gasteiger partial charge in [-0.25, -0.2) is 0 Å². The van der Waals surface area contributed by atoms with Gasteiger partial charge >= 0.3 is 0 Å². The minimum Gasteiger partial charge on any atom is -0.397 e. The van der Waals surface area contributed by atoms with Gasteiger partial charge in [0.15, 0.2) is 0 Å². The van der Waals surface area contributed by atoms with E-state index in [4.69, 9.17) is 9.29 Å². The zero-order valence-corrected chi connectivity index (χ0v) is 17.0. The third-order valence-electron chi connectivity index (χ3n) is 3.78. The summed E-state index contributed by atoms with van der Waals surface area (Å²) in [7, 11) is -3.36. The van der Waals surface area contributed by atoms with Gasteiger partial charge in [-0.15, -0.1) is 0 Å². The fraction of sp³-hybridized carbons (Fsp3) is 0.700. The first-order valence-electron chi connectivity index (χ1n) is 9.46. The minimum absolute atomic E-state index is 0.122. The molecule has 1 N–H and O–H groups in total. The lowest BCUT2D eigenvalue weighted by Gasteiger charge is -2.05. The summed E-state index contributed by atoms with van der Waals surface area (Å²) in [5.41, 5.74) is 2.21. The number of aliphatic hydroxyl groups is 1. The van der Waals surface area contributed by atoms with E-state index in [9.17, 15) is 8.42 Å². The van der Waals surface area contributed by atoms with Gasteiger partial charge in [0.25, 0.3) is 10.1 Å². The van der Waals surface area contributed by atoms with Crippen LogP contribution in [0, 0.1) is 0 Å². The molecule has 0 spiro atoms. The van der Waals surface area contributed by atoms with E-state index in [1.165, 1.54) is 56.9 Å². The molecule has 0 saturated carbocycles. The Morgan fingerprint density at radius 1 is 0.840 bits per heavy atom. The van der Waals surface area contributed by atoms with Crippen molar-refractivity contribution in [2.24, 2.45) is 0 Å². The second kappa shape index (κ2) is 15.4. The fourth-order valence-corrected chi connectivity index (χ4v) is 2.79. The van der Waals surface area contributed by atoms with Crippen LogP contribution in [0.25, 0.3) is 0 Å². The van der Waals surface area contributed by atoms with E-state index in [1.807, 2.05) is 12.1 Å². The smallest absolute Gasteiger partial charge is 0.264 e. The first-order valence-corrected chi connectivity index (χ1v) is 11.3. The zero-order valence-electron chi connectivity index (χ0n) is 16.2. The fourth-order valence-electron chi connectivity index (χ4n) is 2.44. The van der Waals surface area contributed by atoms with Crippen LogP contribution in [0.2, 0.25) is 0 Å². The molecule has 0 unspecified atom stereocenters. The Bertz CT molecular complexity index is 509. The Morgan fingerprint density at radius 2 is 1.28 bits per heavy atom. The molecule has 0 bridgehead atoms. The van der Waals surface area contributed by atoms with Gasteiger partial charge in [0, 0.05) is 6.61 Å². The summed E-state index contributed by atoms with van der Waals surface area (Å²) < 4.78 is 26.7. The monoisotopic (exact) mass is 372 g/mol. The second-order valence-corrected chi connectivity index (χ2v) is 7.97. The van der Waals surface area contributed by atoms with Crippen LogP contribution in [-0.2, 0) is 27.3 Å². The molecule has 0 aliphatic rings. The lowest BCUT2D eigenvalue weighted by Crippen LogP contribution is -2.02. The number of aliphatic hydroxyl groups excluding tert-OH is 1. The Morgan fingerprint density at radius 3 is 1.76 bits per heavy atom. The van der Waals surface area contributed by atoms with Crippen LogP contribution in [0.1, 0.15) is 76.3 Å². The van der Waals surface area contributed by atoms with Crippen LogP contribution in [-0.4, -0.2) is 26.4 Å². The van der Waals surface area contributed by atoms with Crippen LogP contribution in [0.4, 0.5) is 0 Å². The molecular formula is C20H36O4S. The van der Waals surface area contributed by atoms with Crippen LogP contribution in [0.3, 0.4) is 0 Å². The molecule has 5 heteroatoms. The van der Waals surface area contributed by atoms with Gasteiger partial charge in [-0.1, -0.05) is 76.1 Å². The van der Waals surface area contributed by atoms with Crippen LogP contribution < -0.4 is 0 Å². The maximum absolute atomic E-state index is 10.9. The van der Waals surface area contributed by atoms with Crippen molar-refractivity contribution >= 4 is 10.1 Å². The average Bonchev–Trinajstić information content (AvgIpc) is 2.56. The van der Waals surface area contributed by atoms with E-state index < -0.39 is 10.1 Å². The molecule has 4 nitrogen and oxygen atoms in total. The first-order chi connectivity index (χ1) is 11.9. The lowest BCUT2D eigenvalue weighted by atomic mass is 10.0. The summed E-state index contributed by atoms with van der Waals surface area (Å²) >= 11 is 0. The van der Waals surface area contributed by atoms with Crippen LogP contribution >= 0.6 is 0 Å². The lowest BCUT2D eigenvalue weighted by molar-refractivity contribution is 0.311. The van der Waals surface area contributed by atoms with Crippen molar-refractivity contribution < 1.29 is 17.7 Å². The molecule has 0 saturated heterocycles. The topological polar surface area (TPSA) is 63.6 Å². The standard InChI is InChI=1S/C18H30O3S.C2H6O/c1-3-4-5-6-7-8-9-10-11-17-12-14-18(15-13-17)16-21-22(2,19)20;1-2-3/h12-15H,3-11,16H2,1-2H3;3H,2H2,1H3. The van der Waals surface area contributed by atoms with E-state index >= 15 is 0 Å². The summed E-state index contributed by atoms with van der Waals surface area (Å²) in [5, 5.41) is 7.57. The molecule has 0 radical (unpaired) electrons. The Balaban J connectivity index is 0.00000178. The highest BCUT2D eigenvalue weighted by molar-refractivity contribution is 7.85. The molecule has 146 valence electrons. The van der Waals surface area contributed by atoms with Crippen molar-refractivity contribution in [3.05, 3.63) is 35.4 Å². The molecule has 1 aromatic carbocycles. The molecule has 0 heterocycles. The molecule has 0 amide bonds.